The molecule has 0 aliphatic carbocycles. The molecule has 0 unspecified atom stereocenters. The van der Waals surface area contributed by atoms with Gasteiger partial charge in [0, 0.05) is 23.2 Å². The van der Waals surface area contributed by atoms with Crippen molar-refractivity contribution in [2.75, 3.05) is 7.11 Å². The van der Waals surface area contributed by atoms with Crippen LogP contribution in [-0.4, -0.2) is 22.6 Å². The second-order valence-electron chi connectivity index (χ2n) is 6.97. The lowest BCUT2D eigenvalue weighted by molar-refractivity contribution is 0.0598. The summed E-state index contributed by atoms with van der Waals surface area (Å²) in [7, 11) is 1.23. The Morgan fingerprint density at radius 3 is 2.67 bits per heavy atom. The molecular formula is C20H18FN3O3. The average molecular weight is 367 g/mol. The maximum atomic E-state index is 13.6. The molecule has 3 aromatic rings. The van der Waals surface area contributed by atoms with Crippen LogP contribution < -0.4 is 4.74 Å². The first-order valence-corrected chi connectivity index (χ1v) is 8.22. The van der Waals surface area contributed by atoms with Crippen molar-refractivity contribution in [3.8, 4) is 17.6 Å². The first-order valence-electron chi connectivity index (χ1n) is 8.22. The standard InChI is InChI=1S/C20H18FN3O3/c1-20(2,3)24-11-12(9-22)16-8-14(10-23-18(16)24)27-17-7-13(21)5-6-15(17)19(25)26-4/h5-8,10-11H,1-4H3. The Labute approximate surface area is 155 Å². The quantitative estimate of drug-likeness (QED) is 0.642. The normalized spacial score (nSPS) is 11.3. The third kappa shape index (κ3) is 3.47. The molecule has 0 amide bonds. The number of methoxy groups -OCH3 is 1. The minimum Gasteiger partial charge on any atom is -0.465 e. The number of ether oxygens (including phenoxy) is 2. The van der Waals surface area contributed by atoms with Crippen LogP contribution in [0.5, 0.6) is 11.5 Å². The summed E-state index contributed by atoms with van der Waals surface area (Å²) in [5, 5.41) is 10.0. The van der Waals surface area contributed by atoms with Gasteiger partial charge in [-0.25, -0.2) is 14.2 Å². The van der Waals surface area contributed by atoms with Gasteiger partial charge in [0.1, 0.15) is 34.6 Å². The lowest BCUT2D eigenvalue weighted by Crippen LogP contribution is -2.20. The smallest absolute Gasteiger partial charge is 0.341 e. The number of carbonyl (C=O) groups is 1. The van der Waals surface area contributed by atoms with Gasteiger partial charge >= 0.3 is 5.97 Å². The number of nitriles is 1. The monoisotopic (exact) mass is 367 g/mol. The fourth-order valence-corrected chi connectivity index (χ4v) is 2.73. The van der Waals surface area contributed by atoms with E-state index in [1.165, 1.54) is 19.4 Å². The Morgan fingerprint density at radius 2 is 2.04 bits per heavy atom. The van der Waals surface area contributed by atoms with Gasteiger partial charge in [-0.2, -0.15) is 5.26 Å². The molecule has 6 nitrogen and oxygen atoms in total. The second-order valence-corrected chi connectivity index (χ2v) is 6.97. The van der Waals surface area contributed by atoms with Gasteiger partial charge in [0.2, 0.25) is 0 Å². The third-order valence-electron chi connectivity index (χ3n) is 4.04. The first kappa shape index (κ1) is 18.4. The van der Waals surface area contributed by atoms with Gasteiger partial charge in [-0.3, -0.25) is 0 Å². The summed E-state index contributed by atoms with van der Waals surface area (Å²) in [5.41, 5.74) is 0.916. The predicted molar refractivity (Wildman–Crippen MR) is 97.3 cm³/mol. The van der Waals surface area contributed by atoms with Gasteiger partial charge in [0.05, 0.1) is 18.9 Å². The number of nitrogens with zero attached hydrogens (tertiary/aromatic N) is 3. The molecule has 0 aliphatic heterocycles. The highest BCUT2D eigenvalue weighted by molar-refractivity contribution is 5.92. The van der Waals surface area contributed by atoms with Gasteiger partial charge in [-0.05, 0) is 39.0 Å². The van der Waals surface area contributed by atoms with E-state index < -0.39 is 11.8 Å². The summed E-state index contributed by atoms with van der Waals surface area (Å²) in [4.78, 5) is 16.3. The summed E-state index contributed by atoms with van der Waals surface area (Å²) < 4.78 is 25.9. The lowest BCUT2D eigenvalue weighted by atomic mass is 10.1. The summed E-state index contributed by atoms with van der Waals surface area (Å²) in [5.74, 6) is -0.905. The minimum absolute atomic E-state index is 0.0109. The van der Waals surface area contributed by atoms with E-state index in [4.69, 9.17) is 9.47 Å². The number of fused-ring (bicyclic) bond motifs is 1. The van der Waals surface area contributed by atoms with Crippen LogP contribution in [0.25, 0.3) is 11.0 Å². The van der Waals surface area contributed by atoms with Crippen molar-refractivity contribution in [3.63, 3.8) is 0 Å². The number of halogens is 1. The average Bonchev–Trinajstić information content (AvgIpc) is 2.99. The molecule has 2 aromatic heterocycles. The molecule has 138 valence electrons. The lowest BCUT2D eigenvalue weighted by Gasteiger charge is -2.21. The highest BCUT2D eigenvalue weighted by Gasteiger charge is 2.21. The zero-order chi connectivity index (χ0) is 19.8. The van der Waals surface area contributed by atoms with Crippen LogP contribution in [0.1, 0.15) is 36.7 Å². The van der Waals surface area contributed by atoms with Crippen molar-refractivity contribution in [3.05, 3.63) is 53.6 Å². The SMILES string of the molecule is COC(=O)c1ccc(F)cc1Oc1cnc2c(c1)c(C#N)cn2C(C)(C)C. The van der Waals surface area contributed by atoms with Crippen molar-refractivity contribution < 1.29 is 18.7 Å². The fourth-order valence-electron chi connectivity index (χ4n) is 2.73. The highest BCUT2D eigenvalue weighted by Crippen LogP contribution is 2.32. The van der Waals surface area contributed by atoms with Crippen molar-refractivity contribution in [2.45, 2.75) is 26.3 Å². The minimum atomic E-state index is -0.643. The van der Waals surface area contributed by atoms with Crippen LogP contribution in [0, 0.1) is 17.1 Å². The van der Waals surface area contributed by atoms with Gasteiger partial charge in [0.15, 0.2) is 0 Å². The van der Waals surface area contributed by atoms with Crippen molar-refractivity contribution in [1.29, 1.82) is 5.26 Å². The van der Waals surface area contributed by atoms with Crippen molar-refractivity contribution in [1.82, 2.24) is 9.55 Å². The molecular weight excluding hydrogens is 349 g/mol. The number of hydrogen-bond acceptors (Lipinski definition) is 5. The molecule has 3 rings (SSSR count). The maximum Gasteiger partial charge on any atom is 0.341 e. The van der Waals surface area contributed by atoms with Gasteiger partial charge < -0.3 is 14.0 Å². The molecule has 0 atom stereocenters. The molecule has 0 aliphatic rings. The van der Waals surface area contributed by atoms with Crippen molar-refractivity contribution in [2.24, 2.45) is 0 Å². The fraction of sp³-hybridized carbons (Fsp3) is 0.250. The molecule has 1 aromatic carbocycles. The van der Waals surface area contributed by atoms with E-state index >= 15 is 0 Å². The Kier molecular flexibility index (Phi) is 4.58. The number of aromatic nitrogens is 2. The highest BCUT2D eigenvalue weighted by atomic mass is 19.1. The van der Waals surface area contributed by atoms with Crippen LogP contribution in [0.4, 0.5) is 4.39 Å². The van der Waals surface area contributed by atoms with Crippen LogP contribution in [-0.2, 0) is 10.3 Å². The second kappa shape index (κ2) is 6.72. The van der Waals surface area contributed by atoms with E-state index in [-0.39, 0.29) is 22.6 Å². The van der Waals surface area contributed by atoms with E-state index in [9.17, 15) is 14.4 Å². The molecule has 0 saturated heterocycles. The van der Waals surface area contributed by atoms with E-state index in [1.807, 2.05) is 25.3 Å². The Bertz CT molecular complexity index is 1070. The van der Waals surface area contributed by atoms with Crippen LogP contribution >= 0.6 is 0 Å². The molecule has 0 radical (unpaired) electrons. The molecule has 0 spiro atoms. The van der Waals surface area contributed by atoms with E-state index in [2.05, 4.69) is 11.1 Å². The number of esters is 1. The third-order valence-corrected chi connectivity index (χ3v) is 4.04. The summed E-state index contributed by atoms with van der Waals surface area (Å²) in [6.07, 6.45) is 3.21. The molecule has 0 fully saturated rings. The topological polar surface area (TPSA) is 77.1 Å². The molecule has 2 heterocycles. The number of hydrogen-bond donors (Lipinski definition) is 0. The van der Waals surface area contributed by atoms with E-state index in [1.54, 1.807) is 12.3 Å². The van der Waals surface area contributed by atoms with E-state index in [0.717, 1.165) is 12.1 Å². The van der Waals surface area contributed by atoms with Crippen LogP contribution in [0.3, 0.4) is 0 Å². The first-order chi connectivity index (χ1) is 12.7. The molecule has 0 N–H and O–H groups in total. The summed E-state index contributed by atoms with van der Waals surface area (Å²) >= 11 is 0. The van der Waals surface area contributed by atoms with Crippen LogP contribution in [0.15, 0.2) is 36.7 Å². The Balaban J connectivity index is 2.09. The number of rotatable bonds is 3. The zero-order valence-corrected chi connectivity index (χ0v) is 15.4. The summed E-state index contributed by atoms with van der Waals surface area (Å²) in [6, 6.07) is 7.34. The number of benzene rings is 1. The van der Waals surface area contributed by atoms with Crippen LogP contribution in [0.2, 0.25) is 0 Å². The largest absolute Gasteiger partial charge is 0.465 e. The van der Waals surface area contributed by atoms with Gasteiger partial charge in [-0.15, -0.1) is 0 Å². The molecule has 0 saturated carbocycles. The Morgan fingerprint density at radius 1 is 1.30 bits per heavy atom. The Hall–Kier alpha value is -3.40. The summed E-state index contributed by atoms with van der Waals surface area (Å²) in [6.45, 7) is 6.03. The molecule has 0 bridgehead atoms. The number of pyridine rings is 1. The number of carbonyl (C=O) groups excluding carboxylic acids is 1. The van der Waals surface area contributed by atoms with Gasteiger partial charge in [-0.1, -0.05) is 0 Å². The molecule has 7 heteroatoms. The predicted octanol–water partition coefficient (Wildman–Crippen LogP) is 4.38. The zero-order valence-electron chi connectivity index (χ0n) is 15.4. The van der Waals surface area contributed by atoms with Gasteiger partial charge in [0.25, 0.3) is 0 Å². The maximum absolute atomic E-state index is 13.6. The van der Waals surface area contributed by atoms with Crippen molar-refractivity contribution >= 4 is 17.0 Å². The van der Waals surface area contributed by atoms with E-state index in [0.29, 0.717) is 16.6 Å². The molecule has 27 heavy (non-hydrogen) atoms.